The number of nitrogens with zero attached hydrogens (tertiary/aromatic N) is 5. The summed E-state index contributed by atoms with van der Waals surface area (Å²) in [4.78, 5) is 34.2. The lowest BCUT2D eigenvalue weighted by molar-refractivity contribution is -0.183. The summed E-state index contributed by atoms with van der Waals surface area (Å²) >= 11 is 0. The summed E-state index contributed by atoms with van der Waals surface area (Å²) in [6.07, 6.45) is 1.26. The number of aliphatic hydroxyl groups excluding tert-OH is 1. The van der Waals surface area contributed by atoms with Gasteiger partial charge in [0.25, 0.3) is 5.91 Å². The number of aliphatic hydroxyl groups is 1. The average molecular weight is 520 g/mol. The molecule has 38 heavy (non-hydrogen) atoms. The number of hydrogen-bond acceptors (Lipinski definition) is 7. The van der Waals surface area contributed by atoms with Gasteiger partial charge in [0.15, 0.2) is 6.35 Å². The molecule has 2 aromatic heterocycles. The van der Waals surface area contributed by atoms with E-state index in [-0.39, 0.29) is 17.9 Å². The first-order valence-electron chi connectivity index (χ1n) is 12.8. The van der Waals surface area contributed by atoms with Gasteiger partial charge in [0.05, 0.1) is 12.1 Å². The van der Waals surface area contributed by atoms with E-state index in [0.29, 0.717) is 24.5 Å². The maximum Gasteiger partial charge on any atom is 0.251 e. The molecule has 1 aliphatic rings. The number of likely N-dealkylation sites (N-methyl/N-ethyl adjacent to an activating group) is 1. The van der Waals surface area contributed by atoms with Crippen LogP contribution in [0.3, 0.4) is 0 Å². The zero-order valence-corrected chi connectivity index (χ0v) is 22.8. The van der Waals surface area contributed by atoms with Crippen LogP contribution < -0.4 is 16.0 Å². The SMILES string of the molecule is CC[C@@H](NC(O)N1C(=O)[C@H](Cc2cc(C)nc(N)c2)[C@H]1C(=O)N(C)c1ccnn1C)c1ccc(C)cc1C. The van der Waals surface area contributed by atoms with Crippen molar-refractivity contribution in [2.75, 3.05) is 17.7 Å². The van der Waals surface area contributed by atoms with Gasteiger partial charge in [-0.25, -0.2) is 4.98 Å². The number of carbonyl (C=O) groups excluding carboxylic acids is 2. The van der Waals surface area contributed by atoms with Crippen molar-refractivity contribution in [3.63, 3.8) is 0 Å². The molecule has 1 fully saturated rings. The van der Waals surface area contributed by atoms with Crippen molar-refractivity contribution in [1.82, 2.24) is 25.0 Å². The van der Waals surface area contributed by atoms with Gasteiger partial charge in [0, 0.05) is 31.9 Å². The highest BCUT2D eigenvalue weighted by Crippen LogP contribution is 2.34. The summed E-state index contributed by atoms with van der Waals surface area (Å²) in [5.41, 5.74) is 10.8. The molecule has 0 spiro atoms. The van der Waals surface area contributed by atoms with Gasteiger partial charge >= 0.3 is 0 Å². The van der Waals surface area contributed by atoms with Gasteiger partial charge in [-0.05, 0) is 62.4 Å². The van der Waals surface area contributed by atoms with Crippen LogP contribution in [0, 0.1) is 26.7 Å². The number of carbonyl (C=O) groups is 2. The van der Waals surface area contributed by atoms with Gasteiger partial charge in [-0.1, -0.05) is 30.7 Å². The highest BCUT2D eigenvalue weighted by Gasteiger charge is 2.55. The molecule has 10 heteroatoms. The minimum absolute atomic E-state index is 0.203. The van der Waals surface area contributed by atoms with Gasteiger partial charge in [0.2, 0.25) is 5.91 Å². The topological polar surface area (TPSA) is 130 Å². The molecule has 4 rings (SSSR count). The summed E-state index contributed by atoms with van der Waals surface area (Å²) < 4.78 is 1.59. The predicted octanol–water partition coefficient (Wildman–Crippen LogP) is 2.37. The fourth-order valence-electron chi connectivity index (χ4n) is 5.39. The van der Waals surface area contributed by atoms with E-state index in [0.717, 1.165) is 27.9 Å². The lowest BCUT2D eigenvalue weighted by atomic mass is 9.81. The quantitative estimate of drug-likeness (QED) is 0.292. The van der Waals surface area contributed by atoms with E-state index in [9.17, 15) is 14.7 Å². The standard InChI is InChI=1S/C28H37N7O3/c1-7-22(20-9-8-16(2)12-17(20)3)32-28(38)35-25(27(37)33(5)24-10-11-30-34(24)6)21(26(35)36)14-19-13-18(4)31-23(29)15-19/h8-13,15,21-22,25,28,32,38H,7,14H2,1-6H3,(H2,29,31)/t21-,22-,25+,28?/m1/s1. The van der Waals surface area contributed by atoms with Crippen LogP contribution in [0.4, 0.5) is 11.6 Å². The van der Waals surface area contributed by atoms with Gasteiger partial charge < -0.3 is 10.8 Å². The number of benzene rings is 1. The molecule has 1 aliphatic heterocycles. The zero-order chi connectivity index (χ0) is 27.7. The number of anilines is 2. The number of nitrogen functional groups attached to an aromatic ring is 1. The third-order valence-corrected chi connectivity index (χ3v) is 7.29. The van der Waals surface area contributed by atoms with Crippen LogP contribution in [-0.4, -0.2) is 56.0 Å². The number of pyridine rings is 1. The van der Waals surface area contributed by atoms with E-state index in [2.05, 4.69) is 21.5 Å². The number of aromatic nitrogens is 3. The van der Waals surface area contributed by atoms with Crippen molar-refractivity contribution >= 4 is 23.5 Å². The van der Waals surface area contributed by atoms with E-state index >= 15 is 0 Å². The van der Waals surface area contributed by atoms with Crippen LogP contribution in [0.15, 0.2) is 42.6 Å². The van der Waals surface area contributed by atoms with Gasteiger partial charge in [0.1, 0.15) is 17.7 Å². The molecule has 2 amide bonds. The van der Waals surface area contributed by atoms with Crippen LogP contribution in [0.2, 0.25) is 0 Å². The van der Waals surface area contributed by atoms with Crippen LogP contribution in [0.25, 0.3) is 0 Å². The Hall–Kier alpha value is -3.76. The Morgan fingerprint density at radius 1 is 1.21 bits per heavy atom. The Morgan fingerprint density at radius 2 is 1.95 bits per heavy atom. The second-order valence-corrected chi connectivity index (χ2v) is 10.1. The molecule has 3 aromatic rings. The minimum Gasteiger partial charge on any atom is -0.384 e. The Labute approximate surface area is 223 Å². The minimum atomic E-state index is -1.34. The monoisotopic (exact) mass is 519 g/mol. The second kappa shape index (κ2) is 10.9. The smallest absolute Gasteiger partial charge is 0.251 e. The van der Waals surface area contributed by atoms with E-state index in [1.54, 1.807) is 37.1 Å². The van der Waals surface area contributed by atoms with E-state index in [1.807, 2.05) is 45.9 Å². The summed E-state index contributed by atoms with van der Waals surface area (Å²) in [5.74, 6) is -0.319. The van der Waals surface area contributed by atoms with E-state index in [4.69, 9.17) is 5.73 Å². The predicted molar refractivity (Wildman–Crippen MR) is 146 cm³/mol. The first kappa shape index (κ1) is 27.3. The normalized spacial score (nSPS) is 18.7. The third-order valence-electron chi connectivity index (χ3n) is 7.29. The summed E-state index contributed by atoms with van der Waals surface area (Å²) in [6, 6.07) is 10.4. The number of β-lactam (4-membered cyclic amide) rings is 1. The number of amides is 2. The van der Waals surface area contributed by atoms with Crippen LogP contribution in [-0.2, 0) is 23.1 Å². The molecule has 1 saturated heterocycles. The van der Waals surface area contributed by atoms with Crippen LogP contribution in [0.5, 0.6) is 0 Å². The fraction of sp³-hybridized carbons (Fsp3) is 0.429. The summed E-state index contributed by atoms with van der Waals surface area (Å²) in [6.45, 7) is 7.91. The largest absolute Gasteiger partial charge is 0.384 e. The fourth-order valence-corrected chi connectivity index (χ4v) is 5.39. The van der Waals surface area contributed by atoms with Crippen molar-refractivity contribution in [1.29, 1.82) is 0 Å². The molecule has 0 radical (unpaired) electrons. The molecule has 1 unspecified atom stereocenters. The summed E-state index contributed by atoms with van der Waals surface area (Å²) in [7, 11) is 3.39. The third kappa shape index (κ3) is 5.27. The Bertz CT molecular complexity index is 1320. The molecule has 0 bridgehead atoms. The Morgan fingerprint density at radius 3 is 2.55 bits per heavy atom. The van der Waals surface area contributed by atoms with Crippen LogP contribution in [0.1, 0.15) is 47.3 Å². The molecular formula is C28H37N7O3. The number of hydrogen-bond donors (Lipinski definition) is 3. The number of aryl methyl sites for hydroxylation is 4. The Kier molecular flexibility index (Phi) is 7.84. The van der Waals surface area contributed by atoms with Crippen LogP contribution >= 0.6 is 0 Å². The zero-order valence-electron chi connectivity index (χ0n) is 22.8. The van der Waals surface area contributed by atoms with Gasteiger partial charge in [-0.3, -0.25) is 29.4 Å². The highest BCUT2D eigenvalue weighted by atomic mass is 16.3. The number of rotatable bonds is 9. The van der Waals surface area contributed by atoms with Crippen molar-refractivity contribution in [2.45, 2.75) is 59.0 Å². The number of likely N-dealkylation sites (tertiary alicyclic amines) is 1. The van der Waals surface area contributed by atoms with Crippen molar-refractivity contribution < 1.29 is 14.7 Å². The molecule has 3 heterocycles. The molecule has 1 aromatic carbocycles. The number of nitrogens with two attached hydrogens (primary N) is 1. The maximum atomic E-state index is 13.8. The van der Waals surface area contributed by atoms with Gasteiger partial charge in [-0.2, -0.15) is 5.10 Å². The molecule has 10 nitrogen and oxygen atoms in total. The lowest BCUT2D eigenvalue weighted by Gasteiger charge is -2.49. The van der Waals surface area contributed by atoms with E-state index in [1.165, 1.54) is 9.80 Å². The van der Waals surface area contributed by atoms with E-state index < -0.39 is 18.3 Å². The highest BCUT2D eigenvalue weighted by molar-refractivity contribution is 6.05. The number of nitrogens with one attached hydrogen (secondary N) is 1. The molecular weight excluding hydrogens is 482 g/mol. The average Bonchev–Trinajstić information content (AvgIpc) is 3.28. The first-order valence-corrected chi connectivity index (χ1v) is 12.8. The molecule has 4 N–H and O–H groups in total. The molecule has 0 saturated carbocycles. The first-order chi connectivity index (χ1) is 18.0. The lowest BCUT2D eigenvalue weighted by Crippen LogP contribution is -2.72. The van der Waals surface area contributed by atoms with Crippen molar-refractivity contribution in [3.05, 3.63) is 70.5 Å². The second-order valence-electron chi connectivity index (χ2n) is 10.1. The van der Waals surface area contributed by atoms with Crippen molar-refractivity contribution in [3.8, 4) is 0 Å². The maximum absolute atomic E-state index is 13.8. The molecule has 4 atom stereocenters. The summed E-state index contributed by atoms with van der Waals surface area (Å²) in [5, 5.41) is 18.6. The molecule has 0 aliphatic carbocycles. The Balaban J connectivity index is 1.62. The van der Waals surface area contributed by atoms with Crippen molar-refractivity contribution in [2.24, 2.45) is 13.0 Å². The van der Waals surface area contributed by atoms with Gasteiger partial charge in [-0.15, -0.1) is 0 Å². The molecule has 202 valence electrons.